The van der Waals surface area contributed by atoms with Gasteiger partial charge < -0.3 is 0 Å². The van der Waals surface area contributed by atoms with Crippen molar-refractivity contribution in [3.63, 3.8) is 0 Å². The van der Waals surface area contributed by atoms with Crippen molar-refractivity contribution in [3.05, 3.63) is 34.3 Å². The standard InChI is InChI=1S/C9H5ClN2/c10-9-7(4-5-11)2-1-3-8(9)6-12/h1-3H,4H2. The molecule has 0 heterocycles. The summed E-state index contributed by atoms with van der Waals surface area (Å²) in [5, 5.41) is 17.4. The molecule has 0 aliphatic carbocycles. The van der Waals surface area contributed by atoms with Crippen LogP contribution in [0.1, 0.15) is 11.1 Å². The van der Waals surface area contributed by atoms with E-state index in [1.807, 2.05) is 12.1 Å². The van der Waals surface area contributed by atoms with Crippen molar-refractivity contribution in [2.24, 2.45) is 0 Å². The van der Waals surface area contributed by atoms with Crippen LogP contribution in [0.3, 0.4) is 0 Å². The number of hydrogen-bond acceptors (Lipinski definition) is 2. The molecular weight excluding hydrogens is 172 g/mol. The number of hydrogen-bond donors (Lipinski definition) is 0. The fourth-order valence-electron chi connectivity index (χ4n) is 0.888. The van der Waals surface area contributed by atoms with E-state index in [-0.39, 0.29) is 6.42 Å². The van der Waals surface area contributed by atoms with Crippen LogP contribution in [0, 0.1) is 22.7 Å². The van der Waals surface area contributed by atoms with Gasteiger partial charge in [-0.2, -0.15) is 10.5 Å². The molecule has 58 valence electrons. The van der Waals surface area contributed by atoms with Crippen LogP contribution in [-0.2, 0) is 6.42 Å². The molecule has 0 atom stereocenters. The molecule has 0 aromatic heterocycles. The van der Waals surface area contributed by atoms with Gasteiger partial charge in [-0.05, 0) is 11.6 Å². The Balaban J connectivity index is 3.18. The topological polar surface area (TPSA) is 47.6 Å². The minimum atomic E-state index is 0.244. The first-order valence-electron chi connectivity index (χ1n) is 3.34. The predicted octanol–water partition coefficient (Wildman–Crippen LogP) is 2.28. The quantitative estimate of drug-likeness (QED) is 0.659. The largest absolute Gasteiger partial charge is 0.198 e. The normalized spacial score (nSPS) is 8.58. The van der Waals surface area contributed by atoms with E-state index in [0.717, 1.165) is 0 Å². The maximum Gasteiger partial charge on any atom is 0.101 e. The molecule has 1 aromatic rings. The third kappa shape index (κ3) is 1.56. The van der Waals surface area contributed by atoms with E-state index < -0.39 is 0 Å². The van der Waals surface area contributed by atoms with Gasteiger partial charge in [-0.15, -0.1) is 0 Å². The zero-order chi connectivity index (χ0) is 8.97. The van der Waals surface area contributed by atoms with Gasteiger partial charge in [0, 0.05) is 0 Å². The highest BCUT2D eigenvalue weighted by Gasteiger charge is 2.03. The Hall–Kier alpha value is -1.51. The first-order valence-corrected chi connectivity index (χ1v) is 3.72. The summed E-state index contributed by atoms with van der Waals surface area (Å²) in [5.74, 6) is 0. The average molecular weight is 177 g/mol. The fraction of sp³-hybridized carbons (Fsp3) is 0.111. The Morgan fingerprint density at radius 2 is 2.08 bits per heavy atom. The van der Waals surface area contributed by atoms with Gasteiger partial charge in [-0.25, -0.2) is 0 Å². The summed E-state index contributed by atoms with van der Waals surface area (Å²) in [6.07, 6.45) is 0.244. The summed E-state index contributed by atoms with van der Waals surface area (Å²) in [6.45, 7) is 0. The molecule has 0 radical (unpaired) electrons. The van der Waals surface area contributed by atoms with E-state index in [9.17, 15) is 0 Å². The van der Waals surface area contributed by atoms with Crippen LogP contribution in [0.15, 0.2) is 18.2 Å². The Labute approximate surface area is 75.6 Å². The molecule has 2 nitrogen and oxygen atoms in total. The maximum atomic E-state index is 8.59. The molecular formula is C9H5ClN2. The van der Waals surface area contributed by atoms with Crippen LogP contribution in [0.4, 0.5) is 0 Å². The van der Waals surface area contributed by atoms with Crippen LogP contribution in [-0.4, -0.2) is 0 Å². The summed E-state index contributed by atoms with van der Waals surface area (Å²) in [5.41, 5.74) is 1.13. The average Bonchev–Trinajstić information content (AvgIpc) is 2.09. The predicted molar refractivity (Wildman–Crippen MR) is 45.5 cm³/mol. The Kier molecular flexibility index (Phi) is 2.69. The Bertz CT molecular complexity index is 371. The SMILES string of the molecule is N#CCc1cccc(C#N)c1Cl. The van der Waals surface area contributed by atoms with Crippen LogP contribution in [0.5, 0.6) is 0 Å². The summed E-state index contributed by atoms with van der Waals surface area (Å²) in [6, 6.07) is 9.02. The second kappa shape index (κ2) is 3.76. The molecule has 0 amide bonds. The van der Waals surface area contributed by atoms with E-state index >= 15 is 0 Å². The molecule has 0 saturated heterocycles. The van der Waals surface area contributed by atoms with E-state index in [0.29, 0.717) is 16.1 Å². The zero-order valence-electron chi connectivity index (χ0n) is 6.21. The Morgan fingerprint density at radius 3 is 2.67 bits per heavy atom. The molecule has 0 spiro atoms. The molecule has 0 saturated carbocycles. The van der Waals surface area contributed by atoms with Crippen LogP contribution >= 0.6 is 11.6 Å². The van der Waals surface area contributed by atoms with E-state index in [2.05, 4.69) is 0 Å². The molecule has 0 fully saturated rings. The second-order valence-corrected chi connectivity index (χ2v) is 2.60. The number of rotatable bonds is 1. The third-order valence-corrected chi connectivity index (χ3v) is 1.91. The highest BCUT2D eigenvalue weighted by atomic mass is 35.5. The van der Waals surface area contributed by atoms with Gasteiger partial charge in [-0.1, -0.05) is 23.7 Å². The first-order chi connectivity index (χ1) is 5.79. The van der Waals surface area contributed by atoms with Crippen molar-refractivity contribution in [2.75, 3.05) is 0 Å². The van der Waals surface area contributed by atoms with Crippen molar-refractivity contribution in [2.45, 2.75) is 6.42 Å². The lowest BCUT2D eigenvalue weighted by Crippen LogP contribution is -1.86. The van der Waals surface area contributed by atoms with Crippen LogP contribution in [0.2, 0.25) is 5.02 Å². The highest BCUT2D eigenvalue weighted by molar-refractivity contribution is 6.32. The summed E-state index contributed by atoms with van der Waals surface area (Å²) in [7, 11) is 0. The van der Waals surface area contributed by atoms with Crippen molar-refractivity contribution >= 4 is 11.6 Å². The van der Waals surface area contributed by atoms with Gasteiger partial charge >= 0.3 is 0 Å². The number of halogens is 1. The van der Waals surface area contributed by atoms with E-state index in [4.69, 9.17) is 22.1 Å². The lowest BCUT2D eigenvalue weighted by atomic mass is 10.1. The van der Waals surface area contributed by atoms with Gasteiger partial charge in [0.25, 0.3) is 0 Å². The summed E-state index contributed by atoms with van der Waals surface area (Å²) in [4.78, 5) is 0. The summed E-state index contributed by atoms with van der Waals surface area (Å²) < 4.78 is 0. The van der Waals surface area contributed by atoms with Gasteiger partial charge in [0.15, 0.2) is 0 Å². The number of benzene rings is 1. The van der Waals surface area contributed by atoms with E-state index in [1.54, 1.807) is 18.2 Å². The van der Waals surface area contributed by atoms with Gasteiger partial charge in [0.05, 0.1) is 23.1 Å². The third-order valence-electron chi connectivity index (χ3n) is 1.47. The number of nitrogens with zero attached hydrogens (tertiary/aromatic N) is 2. The second-order valence-electron chi connectivity index (χ2n) is 2.23. The molecule has 0 unspecified atom stereocenters. The Morgan fingerprint density at radius 1 is 1.33 bits per heavy atom. The van der Waals surface area contributed by atoms with E-state index in [1.165, 1.54) is 0 Å². The van der Waals surface area contributed by atoms with Crippen molar-refractivity contribution < 1.29 is 0 Å². The number of nitriles is 2. The van der Waals surface area contributed by atoms with Gasteiger partial charge in [0.2, 0.25) is 0 Å². The van der Waals surface area contributed by atoms with Crippen molar-refractivity contribution in [1.29, 1.82) is 10.5 Å². The molecule has 0 N–H and O–H groups in total. The van der Waals surface area contributed by atoms with Gasteiger partial charge in [-0.3, -0.25) is 0 Å². The van der Waals surface area contributed by atoms with Crippen LogP contribution < -0.4 is 0 Å². The highest BCUT2D eigenvalue weighted by Crippen LogP contribution is 2.20. The lowest BCUT2D eigenvalue weighted by molar-refractivity contribution is 1.26. The molecule has 12 heavy (non-hydrogen) atoms. The monoisotopic (exact) mass is 176 g/mol. The lowest BCUT2D eigenvalue weighted by Gasteiger charge is -1.99. The molecule has 0 aliphatic rings. The van der Waals surface area contributed by atoms with Crippen molar-refractivity contribution in [3.8, 4) is 12.1 Å². The van der Waals surface area contributed by atoms with Gasteiger partial charge in [0.1, 0.15) is 6.07 Å². The fourth-order valence-corrected chi connectivity index (χ4v) is 1.12. The van der Waals surface area contributed by atoms with Crippen molar-refractivity contribution in [1.82, 2.24) is 0 Å². The molecule has 0 bridgehead atoms. The molecule has 1 rings (SSSR count). The molecule has 0 aliphatic heterocycles. The minimum Gasteiger partial charge on any atom is -0.198 e. The smallest absolute Gasteiger partial charge is 0.101 e. The molecule has 1 aromatic carbocycles. The first kappa shape index (κ1) is 8.59. The minimum absolute atomic E-state index is 0.244. The van der Waals surface area contributed by atoms with Crippen LogP contribution in [0.25, 0.3) is 0 Å². The summed E-state index contributed by atoms with van der Waals surface area (Å²) >= 11 is 5.81. The maximum absolute atomic E-state index is 8.59. The molecule has 3 heteroatoms. The zero-order valence-corrected chi connectivity index (χ0v) is 6.97.